The summed E-state index contributed by atoms with van der Waals surface area (Å²) in [4.78, 5) is 24.0. The third kappa shape index (κ3) is 3.97. The molecule has 8 heteroatoms. The lowest BCUT2D eigenvalue weighted by atomic mass is 10.2. The number of anilines is 2. The van der Waals surface area contributed by atoms with Gasteiger partial charge in [-0.3, -0.25) is 4.79 Å². The largest absolute Gasteiger partial charge is 0.495 e. The molecule has 0 saturated carbocycles. The van der Waals surface area contributed by atoms with Crippen molar-refractivity contribution in [3.63, 3.8) is 0 Å². The third-order valence-electron chi connectivity index (χ3n) is 3.63. The van der Waals surface area contributed by atoms with Gasteiger partial charge in [-0.25, -0.2) is 4.79 Å². The molecule has 0 unspecified atom stereocenters. The van der Waals surface area contributed by atoms with Crippen molar-refractivity contribution >= 4 is 23.3 Å². The van der Waals surface area contributed by atoms with Crippen molar-refractivity contribution in [2.24, 2.45) is 0 Å². The van der Waals surface area contributed by atoms with Gasteiger partial charge in [-0.15, -0.1) is 0 Å². The lowest BCUT2D eigenvalue weighted by molar-refractivity contribution is -0.119. The van der Waals surface area contributed by atoms with Crippen LogP contribution in [0.1, 0.15) is 10.4 Å². The second-order valence-corrected chi connectivity index (χ2v) is 5.44. The highest BCUT2D eigenvalue weighted by molar-refractivity contribution is 5.96. The van der Waals surface area contributed by atoms with Gasteiger partial charge in [0.2, 0.25) is 0 Å². The molecule has 2 aromatic rings. The zero-order valence-electron chi connectivity index (χ0n) is 14.1. The Kier molecular flexibility index (Phi) is 5.12. The molecule has 0 atom stereocenters. The number of nitrogen functional groups attached to an aromatic ring is 1. The number of hydrogen-bond donors (Lipinski definition) is 2. The summed E-state index contributed by atoms with van der Waals surface area (Å²) in [6, 6.07) is 9.53. The summed E-state index contributed by atoms with van der Waals surface area (Å²) in [5, 5.41) is 2.63. The summed E-state index contributed by atoms with van der Waals surface area (Å²) >= 11 is 0. The second-order valence-electron chi connectivity index (χ2n) is 5.44. The molecule has 1 aliphatic heterocycles. The number of amides is 1. The molecule has 0 spiro atoms. The van der Waals surface area contributed by atoms with E-state index in [-0.39, 0.29) is 5.56 Å². The fraction of sp³-hybridized carbons (Fsp3) is 0.222. The Labute approximate surface area is 149 Å². The summed E-state index contributed by atoms with van der Waals surface area (Å²) in [5.41, 5.74) is 6.81. The standard InChI is InChI=1S/C18H18N2O6/c1-23-14-4-2-11(8-13(14)19)18(22)26-10-17(21)20-12-3-5-15-16(9-12)25-7-6-24-15/h2-5,8-9H,6-7,10,19H2,1H3,(H,20,21). The molecule has 0 bridgehead atoms. The molecule has 1 amide bonds. The van der Waals surface area contributed by atoms with Crippen LogP contribution >= 0.6 is 0 Å². The Morgan fingerprint density at radius 2 is 1.88 bits per heavy atom. The number of carbonyl (C=O) groups is 2. The van der Waals surface area contributed by atoms with E-state index in [1.54, 1.807) is 24.3 Å². The number of carbonyl (C=O) groups excluding carboxylic acids is 2. The summed E-state index contributed by atoms with van der Waals surface area (Å²) in [5.74, 6) is 0.503. The molecule has 3 N–H and O–H groups in total. The zero-order chi connectivity index (χ0) is 18.5. The summed E-state index contributed by atoms with van der Waals surface area (Å²) in [7, 11) is 1.48. The molecule has 0 saturated heterocycles. The maximum Gasteiger partial charge on any atom is 0.338 e. The molecule has 136 valence electrons. The minimum absolute atomic E-state index is 0.232. The Hall–Kier alpha value is -3.42. The molecule has 26 heavy (non-hydrogen) atoms. The van der Waals surface area contributed by atoms with Crippen molar-refractivity contribution in [1.29, 1.82) is 0 Å². The molecule has 1 heterocycles. The zero-order valence-corrected chi connectivity index (χ0v) is 14.1. The van der Waals surface area contributed by atoms with Crippen LogP contribution < -0.4 is 25.3 Å². The Morgan fingerprint density at radius 3 is 2.62 bits per heavy atom. The predicted molar refractivity (Wildman–Crippen MR) is 93.8 cm³/mol. The van der Waals surface area contributed by atoms with Gasteiger partial charge < -0.3 is 30.0 Å². The van der Waals surface area contributed by atoms with E-state index in [1.165, 1.54) is 19.2 Å². The molecule has 0 radical (unpaired) electrons. The summed E-state index contributed by atoms with van der Waals surface area (Å²) in [6.07, 6.45) is 0. The number of rotatable bonds is 5. The van der Waals surface area contributed by atoms with Crippen LogP contribution in [0.15, 0.2) is 36.4 Å². The number of nitrogens with one attached hydrogen (secondary N) is 1. The number of ether oxygens (including phenoxy) is 4. The van der Waals surface area contributed by atoms with Gasteiger partial charge in [-0.1, -0.05) is 0 Å². The van der Waals surface area contributed by atoms with Gasteiger partial charge in [0.1, 0.15) is 19.0 Å². The Morgan fingerprint density at radius 1 is 1.12 bits per heavy atom. The van der Waals surface area contributed by atoms with E-state index in [4.69, 9.17) is 24.7 Å². The van der Waals surface area contributed by atoms with E-state index < -0.39 is 18.5 Å². The molecule has 0 fully saturated rings. The molecule has 8 nitrogen and oxygen atoms in total. The normalized spacial score (nSPS) is 12.2. The van der Waals surface area contributed by atoms with Gasteiger partial charge in [0.25, 0.3) is 5.91 Å². The first-order valence-corrected chi connectivity index (χ1v) is 7.87. The van der Waals surface area contributed by atoms with Crippen LogP contribution in [0.3, 0.4) is 0 Å². The van der Waals surface area contributed by atoms with Gasteiger partial charge in [0.15, 0.2) is 18.1 Å². The van der Waals surface area contributed by atoms with Crippen LogP contribution in [0.2, 0.25) is 0 Å². The SMILES string of the molecule is COc1ccc(C(=O)OCC(=O)Nc2ccc3c(c2)OCCO3)cc1N. The summed E-state index contributed by atoms with van der Waals surface area (Å²) in [6.45, 7) is 0.511. The summed E-state index contributed by atoms with van der Waals surface area (Å²) < 4.78 is 20.9. The monoisotopic (exact) mass is 358 g/mol. The van der Waals surface area contributed by atoms with Crippen LogP contribution in [0, 0.1) is 0 Å². The fourth-order valence-corrected chi connectivity index (χ4v) is 2.39. The van der Waals surface area contributed by atoms with E-state index in [0.29, 0.717) is 41.8 Å². The molecular weight excluding hydrogens is 340 g/mol. The molecule has 0 aliphatic carbocycles. The van der Waals surface area contributed by atoms with Crippen molar-refractivity contribution in [2.45, 2.75) is 0 Å². The minimum atomic E-state index is -0.656. The topological polar surface area (TPSA) is 109 Å². The molecular formula is C18H18N2O6. The van der Waals surface area contributed by atoms with Gasteiger partial charge in [-0.05, 0) is 30.3 Å². The average molecular weight is 358 g/mol. The molecule has 1 aliphatic rings. The average Bonchev–Trinajstić information content (AvgIpc) is 2.66. The van der Waals surface area contributed by atoms with Crippen molar-refractivity contribution in [1.82, 2.24) is 0 Å². The molecule has 0 aromatic heterocycles. The lowest BCUT2D eigenvalue weighted by Crippen LogP contribution is -2.21. The fourth-order valence-electron chi connectivity index (χ4n) is 2.39. The maximum absolute atomic E-state index is 12.0. The highest BCUT2D eigenvalue weighted by Gasteiger charge is 2.15. The number of methoxy groups -OCH3 is 1. The van der Waals surface area contributed by atoms with E-state index in [0.717, 1.165) is 0 Å². The first-order chi connectivity index (χ1) is 12.6. The van der Waals surface area contributed by atoms with Crippen molar-refractivity contribution in [3.05, 3.63) is 42.0 Å². The smallest absolute Gasteiger partial charge is 0.338 e. The minimum Gasteiger partial charge on any atom is -0.495 e. The van der Waals surface area contributed by atoms with Gasteiger partial charge in [0, 0.05) is 11.8 Å². The van der Waals surface area contributed by atoms with Crippen molar-refractivity contribution < 1.29 is 28.5 Å². The van der Waals surface area contributed by atoms with Gasteiger partial charge >= 0.3 is 5.97 Å². The Bertz CT molecular complexity index is 836. The first kappa shape index (κ1) is 17.4. The van der Waals surface area contributed by atoms with Crippen LogP contribution in [0.25, 0.3) is 0 Å². The van der Waals surface area contributed by atoms with Gasteiger partial charge in [-0.2, -0.15) is 0 Å². The second kappa shape index (κ2) is 7.64. The molecule has 3 rings (SSSR count). The van der Waals surface area contributed by atoms with Crippen LogP contribution in [-0.2, 0) is 9.53 Å². The highest BCUT2D eigenvalue weighted by atomic mass is 16.6. The highest BCUT2D eigenvalue weighted by Crippen LogP contribution is 2.32. The number of benzene rings is 2. The van der Waals surface area contributed by atoms with Crippen molar-refractivity contribution in [3.8, 4) is 17.2 Å². The van der Waals surface area contributed by atoms with Crippen LogP contribution in [0.5, 0.6) is 17.2 Å². The van der Waals surface area contributed by atoms with E-state index >= 15 is 0 Å². The van der Waals surface area contributed by atoms with E-state index in [2.05, 4.69) is 5.32 Å². The molecule has 2 aromatic carbocycles. The quantitative estimate of drug-likeness (QED) is 0.620. The number of hydrogen-bond acceptors (Lipinski definition) is 7. The predicted octanol–water partition coefficient (Wildman–Crippen LogP) is 1.84. The van der Waals surface area contributed by atoms with Crippen LogP contribution in [-0.4, -0.2) is 38.8 Å². The lowest BCUT2D eigenvalue weighted by Gasteiger charge is -2.19. The Balaban J connectivity index is 1.55. The third-order valence-corrected chi connectivity index (χ3v) is 3.63. The maximum atomic E-state index is 12.0. The number of esters is 1. The van der Waals surface area contributed by atoms with Crippen LogP contribution in [0.4, 0.5) is 11.4 Å². The van der Waals surface area contributed by atoms with Crippen molar-refractivity contribution in [2.75, 3.05) is 38.0 Å². The van der Waals surface area contributed by atoms with E-state index in [1.807, 2.05) is 0 Å². The first-order valence-electron chi connectivity index (χ1n) is 7.87. The number of fused-ring (bicyclic) bond motifs is 1. The van der Waals surface area contributed by atoms with Gasteiger partial charge in [0.05, 0.1) is 18.4 Å². The number of nitrogens with two attached hydrogens (primary N) is 1. The van der Waals surface area contributed by atoms with E-state index in [9.17, 15) is 9.59 Å².